The van der Waals surface area contributed by atoms with Crippen LogP contribution in [-0.2, 0) is 0 Å². The van der Waals surface area contributed by atoms with Gasteiger partial charge in [-0.1, -0.05) is 49.4 Å². The molecule has 1 N–H and O–H groups in total. The zero-order chi connectivity index (χ0) is 13.2. The molecule has 0 spiro atoms. The van der Waals surface area contributed by atoms with Crippen LogP contribution in [0.1, 0.15) is 31.7 Å². The van der Waals surface area contributed by atoms with Gasteiger partial charge in [0.1, 0.15) is 0 Å². The highest BCUT2D eigenvalue weighted by Gasteiger charge is 2.28. The standard InChI is InChI=1S/C17H18O/c1-4-11-17(3,18)13(2)15-10-9-14-7-5-6-8-16(14)12-15/h1,5-10,12-13,18H,11H2,2-3H3/t13-,17-/m1/s1. The molecule has 18 heavy (non-hydrogen) atoms. The minimum absolute atomic E-state index is 0.0122. The fourth-order valence-corrected chi connectivity index (χ4v) is 2.20. The van der Waals surface area contributed by atoms with Crippen LogP contribution >= 0.6 is 0 Å². The first-order valence-electron chi connectivity index (χ1n) is 6.19. The van der Waals surface area contributed by atoms with Crippen LogP contribution in [0.15, 0.2) is 42.5 Å². The Morgan fingerprint density at radius 2 is 1.89 bits per heavy atom. The van der Waals surface area contributed by atoms with E-state index in [4.69, 9.17) is 6.42 Å². The Hall–Kier alpha value is -1.78. The molecule has 0 radical (unpaired) electrons. The number of hydrogen-bond donors (Lipinski definition) is 1. The summed E-state index contributed by atoms with van der Waals surface area (Å²) in [5, 5.41) is 12.8. The van der Waals surface area contributed by atoms with Crippen molar-refractivity contribution in [1.82, 2.24) is 0 Å². The van der Waals surface area contributed by atoms with E-state index in [1.54, 1.807) is 6.92 Å². The number of fused-ring (bicyclic) bond motifs is 1. The number of hydrogen-bond acceptors (Lipinski definition) is 1. The molecule has 0 aliphatic carbocycles. The zero-order valence-corrected chi connectivity index (χ0v) is 10.9. The molecular formula is C17H18O. The van der Waals surface area contributed by atoms with Gasteiger partial charge in [-0.15, -0.1) is 12.3 Å². The lowest BCUT2D eigenvalue weighted by atomic mass is 9.82. The van der Waals surface area contributed by atoms with Crippen molar-refractivity contribution < 1.29 is 5.11 Å². The third kappa shape index (κ3) is 2.39. The third-order valence-corrected chi connectivity index (χ3v) is 3.67. The van der Waals surface area contributed by atoms with E-state index in [-0.39, 0.29) is 5.92 Å². The molecule has 0 heterocycles. The molecule has 2 aromatic rings. The molecule has 2 atom stereocenters. The Kier molecular flexibility index (Phi) is 3.41. The van der Waals surface area contributed by atoms with E-state index in [1.807, 2.05) is 19.1 Å². The SMILES string of the molecule is C#CC[C@@](C)(O)[C@H](C)c1ccc2ccccc2c1. The van der Waals surface area contributed by atoms with E-state index in [0.29, 0.717) is 6.42 Å². The molecule has 2 rings (SSSR count). The van der Waals surface area contributed by atoms with E-state index < -0.39 is 5.60 Å². The maximum absolute atomic E-state index is 10.4. The quantitative estimate of drug-likeness (QED) is 0.808. The van der Waals surface area contributed by atoms with E-state index >= 15 is 0 Å². The molecule has 0 aliphatic rings. The van der Waals surface area contributed by atoms with Crippen LogP contribution in [0.2, 0.25) is 0 Å². The van der Waals surface area contributed by atoms with Gasteiger partial charge in [0.2, 0.25) is 0 Å². The first-order valence-corrected chi connectivity index (χ1v) is 6.19. The van der Waals surface area contributed by atoms with Gasteiger partial charge in [-0.25, -0.2) is 0 Å². The lowest BCUT2D eigenvalue weighted by molar-refractivity contribution is 0.0414. The van der Waals surface area contributed by atoms with Crippen molar-refractivity contribution in [3.05, 3.63) is 48.0 Å². The van der Waals surface area contributed by atoms with Crippen LogP contribution in [0, 0.1) is 12.3 Å². The summed E-state index contributed by atoms with van der Waals surface area (Å²) in [7, 11) is 0. The van der Waals surface area contributed by atoms with E-state index in [2.05, 4.69) is 36.3 Å². The highest BCUT2D eigenvalue weighted by molar-refractivity contribution is 5.83. The second-order valence-electron chi connectivity index (χ2n) is 5.07. The molecule has 0 saturated heterocycles. The molecule has 0 fully saturated rings. The molecule has 1 nitrogen and oxygen atoms in total. The van der Waals surface area contributed by atoms with E-state index in [0.717, 1.165) is 5.56 Å². The Morgan fingerprint density at radius 3 is 2.56 bits per heavy atom. The van der Waals surface area contributed by atoms with Gasteiger partial charge in [0.25, 0.3) is 0 Å². The summed E-state index contributed by atoms with van der Waals surface area (Å²) in [6.45, 7) is 3.81. The fourth-order valence-electron chi connectivity index (χ4n) is 2.20. The molecule has 0 bridgehead atoms. The Labute approximate surface area is 108 Å². The van der Waals surface area contributed by atoms with Gasteiger partial charge in [-0.05, 0) is 23.3 Å². The summed E-state index contributed by atoms with van der Waals surface area (Å²) in [6, 6.07) is 14.5. The Bertz CT molecular complexity index is 590. The van der Waals surface area contributed by atoms with Crippen molar-refractivity contribution in [3.63, 3.8) is 0 Å². The van der Waals surface area contributed by atoms with Gasteiger partial charge in [0.15, 0.2) is 0 Å². The van der Waals surface area contributed by atoms with Gasteiger partial charge in [0.05, 0.1) is 5.60 Å². The summed E-state index contributed by atoms with van der Waals surface area (Å²) in [5.41, 5.74) is 0.256. The molecule has 0 aliphatic heterocycles. The molecule has 0 amide bonds. The molecule has 92 valence electrons. The molecule has 1 heteroatoms. The van der Waals surface area contributed by atoms with Gasteiger partial charge < -0.3 is 5.11 Å². The second kappa shape index (κ2) is 4.84. The number of terminal acetylenes is 1. The topological polar surface area (TPSA) is 20.2 Å². The van der Waals surface area contributed by atoms with Crippen LogP contribution in [-0.4, -0.2) is 10.7 Å². The largest absolute Gasteiger partial charge is 0.389 e. The van der Waals surface area contributed by atoms with Crippen LogP contribution in [0.4, 0.5) is 0 Å². The summed E-state index contributed by atoms with van der Waals surface area (Å²) in [6.07, 6.45) is 5.67. The smallest absolute Gasteiger partial charge is 0.0793 e. The molecule has 0 saturated carbocycles. The molecule has 2 aromatic carbocycles. The average molecular weight is 238 g/mol. The summed E-state index contributed by atoms with van der Waals surface area (Å²) < 4.78 is 0. The van der Waals surface area contributed by atoms with Crippen molar-refractivity contribution in [3.8, 4) is 12.3 Å². The van der Waals surface area contributed by atoms with Crippen LogP contribution < -0.4 is 0 Å². The summed E-state index contributed by atoms with van der Waals surface area (Å²) in [5.74, 6) is 2.56. The molecule has 0 unspecified atom stereocenters. The van der Waals surface area contributed by atoms with Gasteiger partial charge >= 0.3 is 0 Å². The lowest BCUT2D eigenvalue weighted by Crippen LogP contribution is -2.30. The predicted molar refractivity (Wildman–Crippen MR) is 76.4 cm³/mol. The number of benzene rings is 2. The Balaban J connectivity index is 2.39. The highest BCUT2D eigenvalue weighted by atomic mass is 16.3. The van der Waals surface area contributed by atoms with Gasteiger partial charge in [0, 0.05) is 12.3 Å². The number of aliphatic hydroxyl groups is 1. The van der Waals surface area contributed by atoms with Gasteiger partial charge in [-0.2, -0.15) is 0 Å². The normalized spacial score (nSPS) is 15.9. The molecule has 0 aromatic heterocycles. The fraction of sp³-hybridized carbons (Fsp3) is 0.294. The minimum Gasteiger partial charge on any atom is -0.389 e. The minimum atomic E-state index is -0.864. The Morgan fingerprint density at radius 1 is 1.22 bits per heavy atom. The summed E-state index contributed by atoms with van der Waals surface area (Å²) in [4.78, 5) is 0. The van der Waals surface area contributed by atoms with Crippen LogP contribution in [0.3, 0.4) is 0 Å². The predicted octanol–water partition coefficient (Wildman–Crippen LogP) is 3.72. The van der Waals surface area contributed by atoms with E-state index in [1.165, 1.54) is 10.8 Å². The maximum Gasteiger partial charge on any atom is 0.0793 e. The maximum atomic E-state index is 10.4. The monoisotopic (exact) mass is 238 g/mol. The lowest BCUT2D eigenvalue weighted by Gasteiger charge is -2.29. The highest BCUT2D eigenvalue weighted by Crippen LogP contribution is 2.31. The van der Waals surface area contributed by atoms with E-state index in [9.17, 15) is 5.11 Å². The summed E-state index contributed by atoms with van der Waals surface area (Å²) >= 11 is 0. The van der Waals surface area contributed by atoms with Crippen molar-refractivity contribution in [2.45, 2.75) is 31.8 Å². The third-order valence-electron chi connectivity index (χ3n) is 3.67. The van der Waals surface area contributed by atoms with Crippen molar-refractivity contribution in [1.29, 1.82) is 0 Å². The van der Waals surface area contributed by atoms with Crippen LogP contribution in [0.25, 0.3) is 10.8 Å². The average Bonchev–Trinajstić information content (AvgIpc) is 2.37. The van der Waals surface area contributed by atoms with Crippen molar-refractivity contribution in [2.24, 2.45) is 0 Å². The second-order valence-corrected chi connectivity index (χ2v) is 5.07. The first-order chi connectivity index (χ1) is 8.54. The van der Waals surface area contributed by atoms with Crippen molar-refractivity contribution >= 4 is 10.8 Å². The first kappa shape index (κ1) is 12.7. The zero-order valence-electron chi connectivity index (χ0n) is 10.9. The van der Waals surface area contributed by atoms with Crippen LogP contribution in [0.5, 0.6) is 0 Å². The number of rotatable bonds is 3. The van der Waals surface area contributed by atoms with Crippen molar-refractivity contribution in [2.75, 3.05) is 0 Å². The van der Waals surface area contributed by atoms with Gasteiger partial charge in [-0.3, -0.25) is 0 Å². The molecular weight excluding hydrogens is 220 g/mol.